The summed E-state index contributed by atoms with van der Waals surface area (Å²) in [4.78, 5) is 34.8. The van der Waals surface area contributed by atoms with E-state index in [2.05, 4.69) is 20.4 Å². The van der Waals surface area contributed by atoms with E-state index in [1.54, 1.807) is 48.8 Å². The van der Waals surface area contributed by atoms with E-state index in [-0.39, 0.29) is 11.3 Å². The molecular weight excluding hydrogens is 402 g/mol. The number of rotatable bonds is 4. The first kappa shape index (κ1) is 19.3. The Balaban J connectivity index is 1.52. The quantitative estimate of drug-likeness (QED) is 0.474. The highest BCUT2D eigenvalue weighted by Crippen LogP contribution is 2.18. The molecule has 5 rings (SSSR count). The highest BCUT2D eigenvalue weighted by atomic mass is 16.2. The summed E-state index contributed by atoms with van der Waals surface area (Å²) in [7, 11) is 0. The molecular formula is C25H17N5O2. The molecule has 2 aromatic heterocycles. The summed E-state index contributed by atoms with van der Waals surface area (Å²) in [6, 6.07) is 25.5. The van der Waals surface area contributed by atoms with Crippen molar-refractivity contribution in [1.82, 2.24) is 19.7 Å². The van der Waals surface area contributed by atoms with Crippen molar-refractivity contribution >= 4 is 22.4 Å². The second-order valence-corrected chi connectivity index (χ2v) is 7.06. The van der Waals surface area contributed by atoms with Crippen LogP contribution in [-0.2, 0) is 0 Å². The number of benzene rings is 3. The zero-order valence-corrected chi connectivity index (χ0v) is 16.8. The number of nitrogens with one attached hydrogen (secondary N) is 1. The lowest BCUT2D eigenvalue weighted by Gasteiger charge is -2.11. The largest absolute Gasteiger partial charge is 0.318 e. The average molecular weight is 419 g/mol. The van der Waals surface area contributed by atoms with Crippen molar-refractivity contribution in [2.24, 2.45) is 0 Å². The minimum Gasteiger partial charge on any atom is -0.318 e. The van der Waals surface area contributed by atoms with Gasteiger partial charge in [0.05, 0.1) is 29.2 Å². The van der Waals surface area contributed by atoms with Crippen molar-refractivity contribution in [2.75, 3.05) is 5.32 Å². The Kier molecular flexibility index (Phi) is 4.97. The molecule has 1 N–H and O–H groups in total. The third-order valence-electron chi connectivity index (χ3n) is 4.96. The minimum atomic E-state index is -0.457. The Bertz CT molecular complexity index is 1460. The molecule has 0 aliphatic heterocycles. The molecule has 0 spiro atoms. The Morgan fingerprint density at radius 1 is 0.750 bits per heavy atom. The molecule has 5 aromatic rings. The van der Waals surface area contributed by atoms with Gasteiger partial charge < -0.3 is 5.32 Å². The molecule has 3 aromatic carbocycles. The van der Waals surface area contributed by atoms with Gasteiger partial charge in [-0.05, 0) is 18.2 Å². The van der Waals surface area contributed by atoms with E-state index in [4.69, 9.17) is 0 Å². The van der Waals surface area contributed by atoms with Crippen molar-refractivity contribution in [1.29, 1.82) is 0 Å². The van der Waals surface area contributed by atoms with E-state index >= 15 is 0 Å². The first-order valence-corrected chi connectivity index (χ1v) is 9.97. The Hall–Kier alpha value is -4.65. The number of hydrogen-bond donors (Lipinski definition) is 1. The van der Waals surface area contributed by atoms with E-state index in [1.165, 1.54) is 4.68 Å². The summed E-state index contributed by atoms with van der Waals surface area (Å²) in [6.07, 6.45) is 3.09. The fourth-order valence-corrected chi connectivity index (χ4v) is 3.42. The molecule has 0 fully saturated rings. The zero-order valence-electron chi connectivity index (χ0n) is 16.8. The van der Waals surface area contributed by atoms with Gasteiger partial charge in [-0.25, -0.2) is 9.97 Å². The lowest BCUT2D eigenvalue weighted by atomic mass is 10.1. The van der Waals surface area contributed by atoms with Gasteiger partial charge in [0.15, 0.2) is 11.5 Å². The van der Waals surface area contributed by atoms with Gasteiger partial charge in [-0.1, -0.05) is 66.7 Å². The smallest absolute Gasteiger partial charge is 0.279 e. The Morgan fingerprint density at radius 3 is 2.03 bits per heavy atom. The maximum atomic E-state index is 13.1. The van der Waals surface area contributed by atoms with Crippen LogP contribution in [0.25, 0.3) is 27.8 Å². The molecule has 7 nitrogen and oxygen atoms in total. The summed E-state index contributed by atoms with van der Waals surface area (Å²) < 4.78 is 1.24. The molecule has 1 amide bonds. The first-order valence-electron chi connectivity index (χ1n) is 9.97. The number of nitrogens with zero attached hydrogens (tertiary/aromatic N) is 4. The number of hydrogen-bond acceptors (Lipinski definition) is 5. The van der Waals surface area contributed by atoms with E-state index in [9.17, 15) is 9.59 Å². The van der Waals surface area contributed by atoms with Crippen LogP contribution in [-0.4, -0.2) is 25.7 Å². The first-order chi connectivity index (χ1) is 15.7. The molecule has 0 aliphatic rings. The highest BCUT2D eigenvalue weighted by Gasteiger charge is 2.18. The molecule has 0 atom stereocenters. The van der Waals surface area contributed by atoms with Gasteiger partial charge in [-0.3, -0.25) is 9.59 Å². The molecule has 154 valence electrons. The third-order valence-corrected chi connectivity index (χ3v) is 4.96. The Morgan fingerprint density at radius 2 is 1.34 bits per heavy atom. The standard InChI is InChI=1S/C25H17N5O2/c31-24(28-18-15-26-23(27-16-18)17-9-3-1-4-10-17)22-20-13-7-8-14-21(20)25(32)30(29-22)19-11-5-2-6-12-19/h1-16H,(H,28,31). The number of amides is 1. The summed E-state index contributed by atoms with van der Waals surface area (Å²) in [5, 5.41) is 8.05. The number of fused-ring (bicyclic) bond motifs is 1. The zero-order chi connectivity index (χ0) is 21.9. The molecule has 7 heteroatoms. The van der Waals surface area contributed by atoms with Gasteiger partial charge in [0.25, 0.3) is 11.5 Å². The maximum Gasteiger partial charge on any atom is 0.279 e. The lowest BCUT2D eigenvalue weighted by Crippen LogP contribution is -2.26. The monoisotopic (exact) mass is 419 g/mol. The number of carbonyl (C=O) groups is 1. The van der Waals surface area contributed by atoms with Crippen molar-refractivity contribution in [2.45, 2.75) is 0 Å². The van der Waals surface area contributed by atoms with Crippen LogP contribution >= 0.6 is 0 Å². The van der Waals surface area contributed by atoms with E-state index < -0.39 is 5.91 Å². The van der Waals surface area contributed by atoms with Crippen LogP contribution in [0, 0.1) is 0 Å². The molecule has 0 saturated heterocycles. The van der Waals surface area contributed by atoms with Gasteiger partial charge in [0.2, 0.25) is 0 Å². The molecule has 0 bridgehead atoms. The van der Waals surface area contributed by atoms with Crippen molar-refractivity contribution in [3.8, 4) is 17.1 Å². The number of aromatic nitrogens is 4. The van der Waals surface area contributed by atoms with Crippen LogP contribution in [0.4, 0.5) is 5.69 Å². The number of anilines is 1. The normalized spacial score (nSPS) is 10.8. The van der Waals surface area contributed by atoms with Gasteiger partial charge in [-0.2, -0.15) is 9.78 Å². The summed E-state index contributed by atoms with van der Waals surface area (Å²) in [6.45, 7) is 0. The Labute approximate surface area is 183 Å². The van der Waals surface area contributed by atoms with Crippen molar-refractivity contribution in [3.05, 3.63) is 113 Å². The molecule has 0 saturated carbocycles. The maximum absolute atomic E-state index is 13.1. The molecule has 2 heterocycles. The van der Waals surface area contributed by atoms with Crippen LogP contribution in [0.2, 0.25) is 0 Å². The highest BCUT2D eigenvalue weighted by molar-refractivity contribution is 6.11. The molecule has 0 radical (unpaired) electrons. The second kappa shape index (κ2) is 8.23. The van der Waals surface area contributed by atoms with Crippen LogP contribution < -0.4 is 10.9 Å². The predicted molar refractivity (Wildman–Crippen MR) is 123 cm³/mol. The van der Waals surface area contributed by atoms with Crippen LogP contribution in [0.3, 0.4) is 0 Å². The van der Waals surface area contributed by atoms with Gasteiger partial charge in [-0.15, -0.1) is 0 Å². The SMILES string of the molecule is O=C(Nc1cnc(-c2ccccc2)nc1)c1nn(-c2ccccc2)c(=O)c2ccccc12. The summed E-state index contributed by atoms with van der Waals surface area (Å²) in [5.74, 6) is 0.103. The van der Waals surface area contributed by atoms with Crippen LogP contribution in [0.15, 0.2) is 102 Å². The predicted octanol–water partition coefficient (Wildman–Crippen LogP) is 4.10. The van der Waals surface area contributed by atoms with E-state index in [0.29, 0.717) is 28.0 Å². The summed E-state index contributed by atoms with van der Waals surface area (Å²) >= 11 is 0. The average Bonchev–Trinajstić information content (AvgIpc) is 2.86. The van der Waals surface area contributed by atoms with E-state index in [1.807, 2.05) is 48.5 Å². The number of carbonyl (C=O) groups excluding carboxylic acids is 1. The fraction of sp³-hybridized carbons (Fsp3) is 0. The lowest BCUT2D eigenvalue weighted by molar-refractivity contribution is 0.102. The summed E-state index contributed by atoms with van der Waals surface area (Å²) in [5.41, 5.74) is 1.73. The van der Waals surface area contributed by atoms with Gasteiger partial charge in [0, 0.05) is 10.9 Å². The molecule has 0 unspecified atom stereocenters. The van der Waals surface area contributed by atoms with Crippen LogP contribution in [0.1, 0.15) is 10.5 Å². The third kappa shape index (κ3) is 3.63. The molecule has 0 aliphatic carbocycles. The fourth-order valence-electron chi connectivity index (χ4n) is 3.42. The van der Waals surface area contributed by atoms with E-state index in [0.717, 1.165) is 5.56 Å². The van der Waals surface area contributed by atoms with Gasteiger partial charge >= 0.3 is 0 Å². The second-order valence-electron chi connectivity index (χ2n) is 7.06. The van der Waals surface area contributed by atoms with Crippen molar-refractivity contribution < 1.29 is 4.79 Å². The molecule has 32 heavy (non-hydrogen) atoms. The topological polar surface area (TPSA) is 89.8 Å². The number of para-hydroxylation sites is 1. The van der Waals surface area contributed by atoms with Gasteiger partial charge in [0.1, 0.15) is 0 Å². The van der Waals surface area contributed by atoms with Crippen LogP contribution in [0.5, 0.6) is 0 Å². The minimum absolute atomic E-state index is 0.135. The van der Waals surface area contributed by atoms with Crippen molar-refractivity contribution in [3.63, 3.8) is 0 Å².